The van der Waals surface area contributed by atoms with E-state index in [1.807, 2.05) is 0 Å². The van der Waals surface area contributed by atoms with Crippen molar-refractivity contribution in [1.29, 1.82) is 0 Å². The Balaban J connectivity index is 2.13. The van der Waals surface area contributed by atoms with E-state index in [4.69, 9.17) is 14.6 Å². The highest BCUT2D eigenvalue weighted by Crippen LogP contribution is 2.24. The second-order valence-electron chi connectivity index (χ2n) is 4.12. The van der Waals surface area contributed by atoms with Crippen molar-refractivity contribution in [3.8, 4) is 5.75 Å². The number of para-hydroxylation sites is 1. The van der Waals surface area contributed by atoms with Gasteiger partial charge in [0.15, 0.2) is 12.4 Å². The first-order valence-corrected chi connectivity index (χ1v) is 5.65. The zero-order valence-electron chi connectivity index (χ0n) is 9.59. The Morgan fingerprint density at radius 1 is 1.06 bits per heavy atom. The predicted octanol–water partition coefficient (Wildman–Crippen LogP) is -1.13. The Kier molecular flexibility index (Phi) is 4.15. The molecule has 1 heterocycles. The zero-order valence-corrected chi connectivity index (χ0v) is 9.59. The third-order valence-corrected chi connectivity index (χ3v) is 2.86. The molecule has 1 aliphatic rings. The van der Waals surface area contributed by atoms with Crippen molar-refractivity contribution in [2.24, 2.45) is 0 Å². The molecule has 1 aromatic rings. The van der Waals surface area contributed by atoms with E-state index in [2.05, 4.69) is 0 Å². The molecule has 0 aliphatic carbocycles. The first kappa shape index (κ1) is 13.3. The van der Waals surface area contributed by atoms with Crippen LogP contribution in [0, 0.1) is 0 Å². The first-order valence-electron chi connectivity index (χ1n) is 5.65. The van der Waals surface area contributed by atoms with Gasteiger partial charge >= 0.3 is 0 Å². The molecule has 5 atom stereocenters. The van der Waals surface area contributed by atoms with E-state index >= 15 is 0 Å². The highest BCUT2D eigenvalue weighted by atomic mass is 16.6. The van der Waals surface area contributed by atoms with Crippen molar-refractivity contribution >= 4 is 0 Å². The maximum absolute atomic E-state index is 9.90. The summed E-state index contributed by atoms with van der Waals surface area (Å²) in [4.78, 5) is 0. The summed E-state index contributed by atoms with van der Waals surface area (Å²) in [7, 11) is 0. The van der Waals surface area contributed by atoms with Crippen LogP contribution in [0.2, 0.25) is 0 Å². The monoisotopic (exact) mass is 256 g/mol. The lowest BCUT2D eigenvalue weighted by Gasteiger charge is -2.39. The fourth-order valence-corrected chi connectivity index (χ4v) is 1.86. The molecule has 0 bridgehead atoms. The maximum Gasteiger partial charge on any atom is 0.185 e. The van der Waals surface area contributed by atoms with Crippen LogP contribution in [0.4, 0.5) is 0 Å². The minimum absolute atomic E-state index is 0.450. The molecule has 1 saturated heterocycles. The largest absolute Gasteiger partial charge is 0.485 e. The van der Waals surface area contributed by atoms with Crippen LogP contribution in [-0.4, -0.2) is 57.7 Å². The van der Waals surface area contributed by atoms with Crippen LogP contribution >= 0.6 is 0 Å². The summed E-state index contributed by atoms with van der Waals surface area (Å²) in [6.07, 6.45) is -6.17. The average Bonchev–Trinajstić information content (AvgIpc) is 2.40. The van der Waals surface area contributed by atoms with Gasteiger partial charge in [0.25, 0.3) is 0 Å². The fourth-order valence-electron chi connectivity index (χ4n) is 1.86. The van der Waals surface area contributed by atoms with E-state index in [-0.39, 0.29) is 0 Å². The molecule has 100 valence electrons. The van der Waals surface area contributed by atoms with Crippen molar-refractivity contribution in [1.82, 2.24) is 0 Å². The molecule has 1 fully saturated rings. The fraction of sp³-hybridized carbons (Fsp3) is 0.500. The maximum atomic E-state index is 9.90. The second-order valence-corrected chi connectivity index (χ2v) is 4.12. The van der Waals surface area contributed by atoms with Gasteiger partial charge in [-0.2, -0.15) is 0 Å². The van der Waals surface area contributed by atoms with Crippen LogP contribution in [0.3, 0.4) is 0 Å². The third-order valence-electron chi connectivity index (χ3n) is 2.86. The van der Waals surface area contributed by atoms with Crippen LogP contribution < -0.4 is 4.74 Å². The quantitative estimate of drug-likeness (QED) is 0.546. The average molecular weight is 256 g/mol. The summed E-state index contributed by atoms with van der Waals surface area (Å²) in [6, 6.07) is 8.61. The van der Waals surface area contributed by atoms with Gasteiger partial charge in [-0.1, -0.05) is 18.2 Å². The minimum atomic E-state index is -1.50. The number of hydrogen-bond acceptors (Lipinski definition) is 6. The SMILES string of the molecule is OC[C@H]1OC(O)[C@H](O)[C@@H](Oc2ccccc2)[C@@H]1O. The number of benzene rings is 1. The van der Waals surface area contributed by atoms with Crippen molar-refractivity contribution < 1.29 is 29.9 Å². The molecule has 0 spiro atoms. The first-order chi connectivity index (χ1) is 8.63. The molecule has 2 rings (SSSR count). The molecule has 4 N–H and O–H groups in total. The van der Waals surface area contributed by atoms with Gasteiger partial charge in [-0.05, 0) is 12.1 Å². The van der Waals surface area contributed by atoms with Crippen molar-refractivity contribution in [2.75, 3.05) is 6.61 Å². The van der Waals surface area contributed by atoms with Crippen LogP contribution in [0.1, 0.15) is 0 Å². The van der Waals surface area contributed by atoms with E-state index < -0.39 is 37.3 Å². The predicted molar refractivity (Wildman–Crippen MR) is 60.8 cm³/mol. The van der Waals surface area contributed by atoms with Crippen LogP contribution in [0.5, 0.6) is 5.75 Å². The van der Waals surface area contributed by atoms with E-state index in [9.17, 15) is 15.3 Å². The normalized spacial score (nSPS) is 36.3. The third kappa shape index (κ3) is 2.63. The number of ether oxygens (including phenoxy) is 2. The molecule has 6 nitrogen and oxygen atoms in total. The Morgan fingerprint density at radius 3 is 2.33 bits per heavy atom. The van der Waals surface area contributed by atoms with Crippen LogP contribution in [0.25, 0.3) is 0 Å². The lowest BCUT2D eigenvalue weighted by molar-refractivity contribution is -0.281. The van der Waals surface area contributed by atoms with Gasteiger partial charge in [-0.3, -0.25) is 0 Å². The molecular formula is C12H16O6. The Labute approximate surface area is 104 Å². The molecule has 0 amide bonds. The molecule has 0 saturated carbocycles. The number of hydrogen-bond donors (Lipinski definition) is 4. The smallest absolute Gasteiger partial charge is 0.185 e. The minimum Gasteiger partial charge on any atom is -0.485 e. The van der Waals surface area contributed by atoms with Crippen LogP contribution in [-0.2, 0) is 4.74 Å². The topological polar surface area (TPSA) is 99.4 Å². The molecular weight excluding hydrogens is 240 g/mol. The molecule has 1 aromatic carbocycles. The van der Waals surface area contributed by atoms with Crippen LogP contribution in [0.15, 0.2) is 30.3 Å². The van der Waals surface area contributed by atoms with Crippen molar-refractivity contribution in [3.63, 3.8) is 0 Å². The van der Waals surface area contributed by atoms with Crippen molar-refractivity contribution in [3.05, 3.63) is 30.3 Å². The Morgan fingerprint density at radius 2 is 1.72 bits per heavy atom. The van der Waals surface area contributed by atoms with Gasteiger partial charge in [0.1, 0.15) is 24.1 Å². The summed E-state index contributed by atoms with van der Waals surface area (Å²) >= 11 is 0. The molecule has 18 heavy (non-hydrogen) atoms. The summed E-state index contributed by atoms with van der Waals surface area (Å²) in [6.45, 7) is -0.473. The molecule has 6 heteroatoms. The number of aliphatic hydroxyl groups is 4. The summed E-state index contributed by atoms with van der Waals surface area (Å²) in [5, 5.41) is 38.1. The summed E-state index contributed by atoms with van der Waals surface area (Å²) in [5.41, 5.74) is 0. The second kappa shape index (κ2) is 5.64. The summed E-state index contributed by atoms with van der Waals surface area (Å²) in [5.74, 6) is 0.450. The number of rotatable bonds is 3. The van der Waals surface area contributed by atoms with E-state index in [0.717, 1.165) is 0 Å². The Bertz CT molecular complexity index is 370. The van der Waals surface area contributed by atoms with E-state index in [1.54, 1.807) is 30.3 Å². The molecule has 0 aromatic heterocycles. The standard InChI is InChI=1S/C12H16O6/c13-6-8-9(14)11(10(15)12(16)18-8)17-7-4-2-1-3-5-7/h1-5,8-16H,6H2/t8-,9-,10-,11+,12?/m1/s1. The van der Waals surface area contributed by atoms with Gasteiger partial charge < -0.3 is 29.9 Å². The lowest BCUT2D eigenvalue weighted by Crippen LogP contribution is -2.60. The molecule has 0 radical (unpaired) electrons. The van der Waals surface area contributed by atoms with Gasteiger partial charge in [0.05, 0.1) is 6.61 Å². The van der Waals surface area contributed by atoms with Gasteiger partial charge in [-0.15, -0.1) is 0 Å². The highest BCUT2D eigenvalue weighted by molar-refractivity contribution is 5.21. The van der Waals surface area contributed by atoms with Gasteiger partial charge in [0.2, 0.25) is 0 Å². The van der Waals surface area contributed by atoms with E-state index in [0.29, 0.717) is 5.75 Å². The summed E-state index contributed by atoms with van der Waals surface area (Å²) < 4.78 is 10.3. The Hall–Kier alpha value is -1.18. The molecule has 1 unspecified atom stereocenters. The highest BCUT2D eigenvalue weighted by Gasteiger charge is 2.45. The number of aliphatic hydroxyl groups excluding tert-OH is 4. The zero-order chi connectivity index (χ0) is 13.1. The van der Waals surface area contributed by atoms with Gasteiger partial charge in [0, 0.05) is 0 Å². The van der Waals surface area contributed by atoms with Crippen molar-refractivity contribution in [2.45, 2.75) is 30.7 Å². The van der Waals surface area contributed by atoms with Gasteiger partial charge in [-0.25, -0.2) is 0 Å². The molecule has 1 aliphatic heterocycles. The lowest BCUT2D eigenvalue weighted by atomic mass is 9.99. The van der Waals surface area contributed by atoms with E-state index in [1.165, 1.54) is 0 Å².